The molecule has 2 aromatic rings. The number of nitrogens with one attached hydrogen (secondary N) is 1. The summed E-state index contributed by atoms with van der Waals surface area (Å²) in [6.45, 7) is 0.785. The quantitative estimate of drug-likeness (QED) is 0.834. The number of halogens is 1. The summed E-state index contributed by atoms with van der Waals surface area (Å²) in [5.41, 5.74) is 6.44. The summed E-state index contributed by atoms with van der Waals surface area (Å²) in [7, 11) is 1.74. The number of amides is 1. The minimum absolute atomic E-state index is 0.242. The van der Waals surface area contributed by atoms with Crippen molar-refractivity contribution >= 4 is 16.8 Å². The predicted octanol–water partition coefficient (Wildman–Crippen LogP) is 1.01. The standard InChI is InChI=1S/C12H14FN3O/c1-16-10-4-2-3-9(13)8(10)7-11(16)12(17)15-6-5-14/h2-4,7H,5-6,14H2,1H3,(H,15,17). The van der Waals surface area contributed by atoms with Gasteiger partial charge in [0.2, 0.25) is 0 Å². The molecule has 0 aliphatic carbocycles. The Morgan fingerprint density at radius 3 is 2.94 bits per heavy atom. The van der Waals surface area contributed by atoms with Gasteiger partial charge in [-0.15, -0.1) is 0 Å². The monoisotopic (exact) mass is 235 g/mol. The molecule has 1 heterocycles. The van der Waals surface area contributed by atoms with E-state index in [0.717, 1.165) is 0 Å². The predicted molar refractivity (Wildman–Crippen MR) is 64.3 cm³/mol. The normalized spacial score (nSPS) is 10.8. The number of rotatable bonds is 3. The largest absolute Gasteiger partial charge is 0.349 e. The maximum atomic E-state index is 13.5. The van der Waals surface area contributed by atoms with Gasteiger partial charge in [0.15, 0.2) is 0 Å². The molecule has 0 radical (unpaired) electrons. The van der Waals surface area contributed by atoms with E-state index in [2.05, 4.69) is 5.32 Å². The molecule has 0 aliphatic rings. The molecule has 0 saturated carbocycles. The molecule has 1 aromatic carbocycles. The van der Waals surface area contributed by atoms with Gasteiger partial charge >= 0.3 is 0 Å². The van der Waals surface area contributed by atoms with Crippen molar-refractivity contribution in [1.29, 1.82) is 0 Å². The minimum atomic E-state index is -0.323. The summed E-state index contributed by atoms with van der Waals surface area (Å²) in [5, 5.41) is 3.11. The molecular formula is C12H14FN3O. The van der Waals surface area contributed by atoms with Crippen molar-refractivity contribution in [3.63, 3.8) is 0 Å². The van der Waals surface area contributed by atoms with Gasteiger partial charge in [0, 0.05) is 25.5 Å². The van der Waals surface area contributed by atoms with Crippen LogP contribution in [0.2, 0.25) is 0 Å². The number of fused-ring (bicyclic) bond motifs is 1. The molecule has 0 spiro atoms. The molecule has 3 N–H and O–H groups in total. The first kappa shape index (κ1) is 11.6. The average Bonchev–Trinajstić information content (AvgIpc) is 2.66. The van der Waals surface area contributed by atoms with Gasteiger partial charge in [-0.1, -0.05) is 6.07 Å². The molecular weight excluding hydrogens is 221 g/mol. The number of carbonyl (C=O) groups is 1. The van der Waals surface area contributed by atoms with E-state index in [4.69, 9.17) is 5.73 Å². The lowest BCUT2D eigenvalue weighted by Gasteiger charge is -2.04. The van der Waals surface area contributed by atoms with Crippen LogP contribution >= 0.6 is 0 Å². The summed E-state index contributed by atoms with van der Waals surface area (Å²) < 4.78 is 15.2. The minimum Gasteiger partial charge on any atom is -0.349 e. The van der Waals surface area contributed by atoms with Gasteiger partial charge in [0.05, 0.1) is 5.52 Å². The van der Waals surface area contributed by atoms with Crippen molar-refractivity contribution in [1.82, 2.24) is 9.88 Å². The van der Waals surface area contributed by atoms with Crippen LogP contribution in [0.5, 0.6) is 0 Å². The molecule has 1 amide bonds. The second-order valence-corrected chi connectivity index (χ2v) is 3.81. The zero-order valence-corrected chi connectivity index (χ0v) is 9.53. The van der Waals surface area contributed by atoms with Gasteiger partial charge in [-0.3, -0.25) is 4.79 Å². The van der Waals surface area contributed by atoms with E-state index in [-0.39, 0.29) is 11.7 Å². The molecule has 2 rings (SSSR count). The summed E-state index contributed by atoms with van der Waals surface area (Å²) in [6.07, 6.45) is 0. The number of aryl methyl sites for hydroxylation is 1. The molecule has 90 valence electrons. The van der Waals surface area contributed by atoms with Crippen molar-refractivity contribution in [3.05, 3.63) is 35.8 Å². The van der Waals surface area contributed by atoms with E-state index < -0.39 is 0 Å². The van der Waals surface area contributed by atoms with Crippen LogP contribution in [0.1, 0.15) is 10.5 Å². The molecule has 0 fully saturated rings. The topological polar surface area (TPSA) is 60.0 Å². The Kier molecular flexibility index (Phi) is 3.10. The second-order valence-electron chi connectivity index (χ2n) is 3.81. The van der Waals surface area contributed by atoms with Crippen molar-refractivity contribution < 1.29 is 9.18 Å². The molecule has 4 nitrogen and oxygen atoms in total. The van der Waals surface area contributed by atoms with Crippen LogP contribution in [0.3, 0.4) is 0 Å². The smallest absolute Gasteiger partial charge is 0.267 e. The molecule has 0 unspecified atom stereocenters. The Bertz CT molecular complexity index is 562. The number of benzene rings is 1. The maximum absolute atomic E-state index is 13.5. The third kappa shape index (κ3) is 2.01. The Labute approximate surface area is 98.2 Å². The van der Waals surface area contributed by atoms with Crippen molar-refractivity contribution in [2.45, 2.75) is 0 Å². The number of carbonyl (C=O) groups excluding carboxylic acids is 1. The van der Waals surface area contributed by atoms with Gasteiger partial charge in [0.25, 0.3) is 5.91 Å². The van der Waals surface area contributed by atoms with Crippen LogP contribution in [-0.2, 0) is 7.05 Å². The number of aromatic nitrogens is 1. The summed E-state index contributed by atoms with van der Waals surface area (Å²) in [4.78, 5) is 11.8. The lowest BCUT2D eigenvalue weighted by atomic mass is 10.2. The first-order valence-electron chi connectivity index (χ1n) is 5.37. The van der Waals surface area contributed by atoms with Crippen LogP contribution in [-0.4, -0.2) is 23.6 Å². The number of hydrogen-bond donors (Lipinski definition) is 2. The van der Waals surface area contributed by atoms with Crippen LogP contribution in [0.4, 0.5) is 4.39 Å². The van der Waals surface area contributed by atoms with Gasteiger partial charge < -0.3 is 15.6 Å². The maximum Gasteiger partial charge on any atom is 0.267 e. The van der Waals surface area contributed by atoms with Gasteiger partial charge in [-0.2, -0.15) is 0 Å². The Morgan fingerprint density at radius 2 is 2.29 bits per heavy atom. The molecule has 0 aliphatic heterocycles. The van der Waals surface area contributed by atoms with Crippen LogP contribution < -0.4 is 11.1 Å². The number of nitrogens with two attached hydrogens (primary N) is 1. The van der Waals surface area contributed by atoms with Crippen molar-refractivity contribution in [2.24, 2.45) is 12.8 Å². The van der Waals surface area contributed by atoms with E-state index in [1.807, 2.05) is 0 Å². The highest BCUT2D eigenvalue weighted by atomic mass is 19.1. The molecule has 5 heteroatoms. The number of nitrogens with zero attached hydrogens (tertiary/aromatic N) is 1. The van der Waals surface area contributed by atoms with E-state index in [9.17, 15) is 9.18 Å². The van der Waals surface area contributed by atoms with Crippen molar-refractivity contribution in [2.75, 3.05) is 13.1 Å². The van der Waals surface area contributed by atoms with Gasteiger partial charge in [-0.25, -0.2) is 4.39 Å². The first-order valence-corrected chi connectivity index (χ1v) is 5.37. The molecule has 1 aromatic heterocycles. The summed E-state index contributed by atoms with van der Waals surface area (Å²) in [6, 6.07) is 6.33. The highest BCUT2D eigenvalue weighted by Crippen LogP contribution is 2.21. The van der Waals surface area contributed by atoms with Crippen LogP contribution in [0.15, 0.2) is 24.3 Å². The molecule has 17 heavy (non-hydrogen) atoms. The molecule has 0 saturated heterocycles. The first-order chi connectivity index (χ1) is 8.15. The Balaban J connectivity index is 2.45. The SMILES string of the molecule is Cn1c(C(=O)NCCN)cc2c(F)cccc21. The van der Waals surface area contributed by atoms with Crippen LogP contribution in [0.25, 0.3) is 10.9 Å². The zero-order chi connectivity index (χ0) is 12.4. The zero-order valence-electron chi connectivity index (χ0n) is 9.53. The fourth-order valence-corrected chi connectivity index (χ4v) is 1.82. The summed E-state index contributed by atoms with van der Waals surface area (Å²) >= 11 is 0. The van der Waals surface area contributed by atoms with E-state index in [1.54, 1.807) is 29.8 Å². The average molecular weight is 235 g/mol. The van der Waals surface area contributed by atoms with Crippen LogP contribution in [0, 0.1) is 5.82 Å². The second kappa shape index (κ2) is 4.55. The van der Waals surface area contributed by atoms with E-state index >= 15 is 0 Å². The van der Waals surface area contributed by atoms with Gasteiger partial charge in [-0.05, 0) is 18.2 Å². The fourth-order valence-electron chi connectivity index (χ4n) is 1.82. The lowest BCUT2D eigenvalue weighted by molar-refractivity contribution is 0.0947. The molecule has 0 bridgehead atoms. The number of hydrogen-bond acceptors (Lipinski definition) is 2. The van der Waals surface area contributed by atoms with Gasteiger partial charge in [0.1, 0.15) is 11.5 Å². The Morgan fingerprint density at radius 1 is 1.53 bits per heavy atom. The van der Waals surface area contributed by atoms with Crippen molar-refractivity contribution in [3.8, 4) is 0 Å². The highest BCUT2D eigenvalue weighted by Gasteiger charge is 2.14. The molecule has 0 atom stereocenters. The lowest BCUT2D eigenvalue weighted by Crippen LogP contribution is -2.30. The summed E-state index contributed by atoms with van der Waals surface area (Å²) in [5.74, 6) is -0.565. The van der Waals surface area contributed by atoms with E-state index in [0.29, 0.717) is 29.7 Å². The Hall–Kier alpha value is -1.88. The third-order valence-electron chi connectivity index (χ3n) is 2.70. The fraction of sp³-hybridized carbons (Fsp3) is 0.250. The van der Waals surface area contributed by atoms with E-state index in [1.165, 1.54) is 6.07 Å². The third-order valence-corrected chi connectivity index (χ3v) is 2.70. The highest BCUT2D eigenvalue weighted by molar-refractivity contribution is 5.98.